The van der Waals surface area contributed by atoms with Gasteiger partial charge in [0.05, 0.1) is 11.1 Å². The molecule has 6 heteroatoms. The SMILES string of the molecule is CC(=O)ON1C(=O)c2ccc(Br)cc2C1=O. The summed E-state index contributed by atoms with van der Waals surface area (Å²) in [5.41, 5.74) is 0.454. The first-order valence-corrected chi connectivity index (χ1v) is 5.17. The average Bonchev–Trinajstić information content (AvgIpc) is 2.43. The van der Waals surface area contributed by atoms with Crippen molar-refractivity contribution in [3.05, 3.63) is 33.8 Å². The molecule has 2 amide bonds. The number of halogens is 1. The molecule has 2 rings (SSSR count). The summed E-state index contributed by atoms with van der Waals surface area (Å²) in [4.78, 5) is 38.6. The van der Waals surface area contributed by atoms with Crippen LogP contribution < -0.4 is 0 Å². The van der Waals surface area contributed by atoms with Gasteiger partial charge in [-0.1, -0.05) is 21.0 Å². The first kappa shape index (κ1) is 10.8. The summed E-state index contributed by atoms with van der Waals surface area (Å²) in [5.74, 6) is -1.97. The molecule has 0 spiro atoms. The fourth-order valence-electron chi connectivity index (χ4n) is 1.40. The molecule has 1 aliphatic rings. The summed E-state index contributed by atoms with van der Waals surface area (Å²) in [6.07, 6.45) is 0. The zero-order valence-corrected chi connectivity index (χ0v) is 9.78. The maximum atomic E-state index is 11.7. The summed E-state index contributed by atoms with van der Waals surface area (Å²) < 4.78 is 0.678. The van der Waals surface area contributed by atoms with Crippen LogP contribution >= 0.6 is 15.9 Å². The Balaban J connectivity index is 2.44. The fraction of sp³-hybridized carbons (Fsp3) is 0.100. The zero-order chi connectivity index (χ0) is 11.9. The largest absolute Gasteiger partial charge is 0.330 e. The number of carbonyl (C=O) groups excluding carboxylic acids is 3. The molecule has 1 aromatic rings. The maximum Gasteiger partial charge on any atom is 0.330 e. The minimum Gasteiger partial charge on any atom is -0.330 e. The Morgan fingerprint density at radius 2 is 1.88 bits per heavy atom. The minimum atomic E-state index is -0.714. The van der Waals surface area contributed by atoms with Gasteiger partial charge in [-0.3, -0.25) is 9.59 Å². The van der Waals surface area contributed by atoms with Crippen LogP contribution in [-0.4, -0.2) is 22.8 Å². The monoisotopic (exact) mass is 283 g/mol. The Bertz CT molecular complexity index is 512. The van der Waals surface area contributed by atoms with Crippen LogP contribution in [0.4, 0.5) is 0 Å². The van der Waals surface area contributed by atoms with Gasteiger partial charge in [0, 0.05) is 11.4 Å². The average molecular weight is 284 g/mol. The predicted molar refractivity (Wildman–Crippen MR) is 56.4 cm³/mol. The Morgan fingerprint density at radius 3 is 2.50 bits per heavy atom. The van der Waals surface area contributed by atoms with Gasteiger partial charge in [0.1, 0.15) is 0 Å². The summed E-state index contributed by atoms with van der Waals surface area (Å²) >= 11 is 3.19. The van der Waals surface area contributed by atoms with Gasteiger partial charge < -0.3 is 4.84 Å². The van der Waals surface area contributed by atoms with Gasteiger partial charge in [0.15, 0.2) is 0 Å². The molecule has 0 atom stereocenters. The van der Waals surface area contributed by atoms with Crippen LogP contribution in [0, 0.1) is 0 Å². The summed E-state index contributed by atoms with van der Waals surface area (Å²) in [6.45, 7) is 1.12. The minimum absolute atomic E-state index is 0.223. The highest BCUT2D eigenvalue weighted by Gasteiger charge is 2.38. The number of imide groups is 1. The van der Waals surface area contributed by atoms with Gasteiger partial charge in [0.25, 0.3) is 11.8 Å². The third-order valence-corrected chi connectivity index (χ3v) is 2.52. The van der Waals surface area contributed by atoms with Gasteiger partial charge in [0.2, 0.25) is 0 Å². The lowest BCUT2D eigenvalue weighted by atomic mass is 10.1. The summed E-state index contributed by atoms with van der Waals surface area (Å²) in [5, 5.41) is 0.472. The van der Waals surface area contributed by atoms with Crippen molar-refractivity contribution in [2.75, 3.05) is 0 Å². The smallest absolute Gasteiger partial charge is 0.330 e. The topological polar surface area (TPSA) is 63.7 Å². The summed E-state index contributed by atoms with van der Waals surface area (Å²) in [7, 11) is 0. The molecule has 0 saturated carbocycles. The van der Waals surface area contributed by atoms with Crippen LogP contribution in [0.15, 0.2) is 22.7 Å². The number of nitrogens with zero attached hydrogens (tertiary/aromatic N) is 1. The van der Waals surface area contributed by atoms with E-state index in [1.54, 1.807) is 6.07 Å². The molecule has 0 bridgehead atoms. The molecule has 0 aliphatic carbocycles. The highest BCUT2D eigenvalue weighted by atomic mass is 79.9. The van der Waals surface area contributed by atoms with Crippen molar-refractivity contribution in [2.45, 2.75) is 6.92 Å². The number of carbonyl (C=O) groups is 3. The quantitative estimate of drug-likeness (QED) is 0.733. The standard InChI is InChI=1S/C10H6BrNO4/c1-5(13)16-12-9(14)7-3-2-6(11)4-8(7)10(12)15/h2-4H,1H3. The van der Waals surface area contributed by atoms with E-state index in [1.165, 1.54) is 12.1 Å². The second-order valence-corrected chi connectivity index (χ2v) is 4.09. The van der Waals surface area contributed by atoms with Crippen LogP contribution in [0.1, 0.15) is 27.6 Å². The Kier molecular flexibility index (Phi) is 2.51. The number of hydroxylamine groups is 2. The van der Waals surface area contributed by atoms with E-state index in [0.717, 1.165) is 6.92 Å². The molecule has 5 nitrogen and oxygen atoms in total. The number of rotatable bonds is 1. The molecule has 1 heterocycles. The van der Waals surface area contributed by atoms with E-state index in [1.807, 2.05) is 0 Å². The Hall–Kier alpha value is -1.69. The van der Waals surface area contributed by atoms with Crippen molar-refractivity contribution in [1.82, 2.24) is 5.06 Å². The van der Waals surface area contributed by atoms with Gasteiger partial charge in [-0.25, -0.2) is 4.79 Å². The molecule has 0 fully saturated rings. The molecule has 16 heavy (non-hydrogen) atoms. The van der Waals surface area contributed by atoms with Crippen molar-refractivity contribution >= 4 is 33.7 Å². The van der Waals surface area contributed by atoms with Crippen molar-refractivity contribution in [3.63, 3.8) is 0 Å². The first-order valence-electron chi connectivity index (χ1n) is 4.37. The lowest BCUT2D eigenvalue weighted by molar-refractivity contribution is -0.165. The normalized spacial score (nSPS) is 14.0. The van der Waals surface area contributed by atoms with Gasteiger partial charge in [-0.2, -0.15) is 0 Å². The second-order valence-electron chi connectivity index (χ2n) is 3.18. The molecule has 0 saturated heterocycles. The molecule has 1 aliphatic heterocycles. The number of hydrogen-bond donors (Lipinski definition) is 0. The van der Waals surface area contributed by atoms with Gasteiger partial charge in [-0.05, 0) is 18.2 Å². The zero-order valence-electron chi connectivity index (χ0n) is 8.19. The highest BCUT2D eigenvalue weighted by molar-refractivity contribution is 9.10. The molecule has 0 radical (unpaired) electrons. The van der Waals surface area contributed by atoms with E-state index in [-0.39, 0.29) is 11.1 Å². The third-order valence-electron chi connectivity index (χ3n) is 2.03. The van der Waals surface area contributed by atoms with Gasteiger partial charge in [-0.15, -0.1) is 0 Å². The molecule has 82 valence electrons. The van der Waals surface area contributed by atoms with Crippen LogP contribution in [0.3, 0.4) is 0 Å². The molecule has 0 N–H and O–H groups in total. The van der Waals surface area contributed by atoms with Crippen molar-refractivity contribution in [3.8, 4) is 0 Å². The van der Waals surface area contributed by atoms with Crippen LogP contribution in [0.25, 0.3) is 0 Å². The lowest BCUT2D eigenvalue weighted by Crippen LogP contribution is -2.31. The number of amides is 2. The molecular formula is C10H6BrNO4. The third kappa shape index (κ3) is 1.61. The fourth-order valence-corrected chi connectivity index (χ4v) is 1.76. The molecule has 1 aromatic carbocycles. The predicted octanol–water partition coefficient (Wildman–Crippen LogP) is 1.52. The van der Waals surface area contributed by atoms with E-state index in [2.05, 4.69) is 20.8 Å². The van der Waals surface area contributed by atoms with Crippen molar-refractivity contribution in [2.24, 2.45) is 0 Å². The van der Waals surface area contributed by atoms with E-state index in [4.69, 9.17) is 0 Å². The second kappa shape index (κ2) is 3.71. The van der Waals surface area contributed by atoms with Crippen LogP contribution in [0.5, 0.6) is 0 Å². The number of fused-ring (bicyclic) bond motifs is 1. The molecule has 0 unspecified atom stereocenters. The maximum absolute atomic E-state index is 11.7. The van der Waals surface area contributed by atoms with Gasteiger partial charge >= 0.3 is 5.97 Å². The van der Waals surface area contributed by atoms with E-state index >= 15 is 0 Å². The molecule has 0 aromatic heterocycles. The summed E-state index contributed by atoms with van der Waals surface area (Å²) in [6, 6.07) is 4.66. The van der Waals surface area contributed by atoms with E-state index in [9.17, 15) is 14.4 Å². The van der Waals surface area contributed by atoms with Crippen LogP contribution in [0.2, 0.25) is 0 Å². The Labute approximate surface area is 99.1 Å². The van der Waals surface area contributed by atoms with Crippen LogP contribution in [-0.2, 0) is 9.63 Å². The van der Waals surface area contributed by atoms with E-state index < -0.39 is 17.8 Å². The number of benzene rings is 1. The molecular weight excluding hydrogens is 278 g/mol. The highest BCUT2D eigenvalue weighted by Crippen LogP contribution is 2.26. The van der Waals surface area contributed by atoms with E-state index in [0.29, 0.717) is 9.54 Å². The van der Waals surface area contributed by atoms with Crippen molar-refractivity contribution < 1.29 is 19.2 Å². The van der Waals surface area contributed by atoms with Crippen molar-refractivity contribution in [1.29, 1.82) is 0 Å². The lowest BCUT2D eigenvalue weighted by Gasteiger charge is -2.10. The first-order chi connectivity index (χ1) is 7.50. The Morgan fingerprint density at radius 1 is 1.25 bits per heavy atom. The number of hydrogen-bond acceptors (Lipinski definition) is 4.